The highest BCUT2D eigenvalue weighted by atomic mass is 16.6. The zero-order valence-electron chi connectivity index (χ0n) is 18.6. The molecule has 0 spiro atoms. The Balaban J connectivity index is 3.58. The first-order valence-electron chi connectivity index (χ1n) is 12.2. The van der Waals surface area contributed by atoms with Gasteiger partial charge in [0.2, 0.25) is 0 Å². The molecule has 0 aliphatic heterocycles. The van der Waals surface area contributed by atoms with Crippen molar-refractivity contribution in [2.45, 2.75) is 148 Å². The predicted molar refractivity (Wildman–Crippen MR) is 118 cm³/mol. The predicted octanol–water partition coefficient (Wildman–Crippen LogP) is 8.29. The van der Waals surface area contributed by atoms with Crippen molar-refractivity contribution >= 4 is 6.09 Å². The molecule has 0 rings (SSSR count). The van der Waals surface area contributed by atoms with E-state index in [-0.39, 0.29) is 6.10 Å². The van der Waals surface area contributed by atoms with Gasteiger partial charge in [0.1, 0.15) is 6.10 Å². The number of carbonyl (C=O) groups is 1. The van der Waals surface area contributed by atoms with Gasteiger partial charge in [-0.3, -0.25) is 0 Å². The molecule has 0 atom stereocenters. The van der Waals surface area contributed by atoms with Gasteiger partial charge < -0.3 is 10.5 Å². The largest absolute Gasteiger partial charge is 0.446 e. The molecule has 0 fully saturated rings. The first kappa shape index (κ1) is 26.3. The van der Waals surface area contributed by atoms with Crippen LogP contribution in [0.2, 0.25) is 0 Å². The van der Waals surface area contributed by atoms with E-state index in [1.807, 2.05) is 0 Å². The number of hydrogen-bond donors (Lipinski definition) is 1. The molecule has 0 radical (unpaired) electrons. The highest BCUT2D eigenvalue weighted by molar-refractivity contribution is 5.64. The minimum atomic E-state index is -0.605. The molecular formula is C24H49NO2. The molecule has 0 aromatic rings. The van der Waals surface area contributed by atoms with E-state index >= 15 is 0 Å². The zero-order chi connectivity index (χ0) is 20.0. The van der Waals surface area contributed by atoms with Crippen LogP contribution in [0.25, 0.3) is 0 Å². The van der Waals surface area contributed by atoms with E-state index in [0.29, 0.717) is 0 Å². The monoisotopic (exact) mass is 383 g/mol. The van der Waals surface area contributed by atoms with Gasteiger partial charge in [-0.2, -0.15) is 0 Å². The van der Waals surface area contributed by atoms with Crippen LogP contribution in [0.1, 0.15) is 142 Å². The number of carbonyl (C=O) groups excluding carboxylic acids is 1. The third-order valence-electron chi connectivity index (χ3n) is 5.54. The lowest BCUT2D eigenvalue weighted by atomic mass is 10.0. The number of amides is 1. The Morgan fingerprint density at radius 2 is 0.889 bits per heavy atom. The van der Waals surface area contributed by atoms with Crippen molar-refractivity contribution in [3.63, 3.8) is 0 Å². The Kier molecular flexibility index (Phi) is 21.0. The van der Waals surface area contributed by atoms with Crippen molar-refractivity contribution < 1.29 is 9.53 Å². The van der Waals surface area contributed by atoms with Gasteiger partial charge in [-0.25, -0.2) is 4.79 Å². The summed E-state index contributed by atoms with van der Waals surface area (Å²) in [7, 11) is 0. The molecular weight excluding hydrogens is 334 g/mol. The number of primary amides is 1. The Bertz CT molecular complexity index is 285. The minimum absolute atomic E-state index is 0.0385. The maximum Gasteiger partial charge on any atom is 0.404 e. The molecule has 0 bridgehead atoms. The van der Waals surface area contributed by atoms with Crippen LogP contribution in [0.5, 0.6) is 0 Å². The van der Waals surface area contributed by atoms with Gasteiger partial charge in [0.25, 0.3) is 0 Å². The summed E-state index contributed by atoms with van der Waals surface area (Å²) in [4.78, 5) is 11.1. The number of hydrogen-bond acceptors (Lipinski definition) is 2. The molecule has 27 heavy (non-hydrogen) atoms. The topological polar surface area (TPSA) is 52.3 Å². The van der Waals surface area contributed by atoms with Crippen LogP contribution in [0.4, 0.5) is 4.79 Å². The molecule has 0 saturated heterocycles. The van der Waals surface area contributed by atoms with Crippen LogP contribution in [0.15, 0.2) is 0 Å². The van der Waals surface area contributed by atoms with Crippen molar-refractivity contribution in [3.05, 3.63) is 0 Å². The molecule has 2 N–H and O–H groups in total. The van der Waals surface area contributed by atoms with Crippen LogP contribution in [0.3, 0.4) is 0 Å². The Morgan fingerprint density at radius 1 is 0.593 bits per heavy atom. The lowest BCUT2D eigenvalue weighted by Gasteiger charge is -2.16. The SMILES string of the molecule is CCCCCCCCCCCC(CCCCCCCCCCC)OC(N)=O. The smallest absolute Gasteiger partial charge is 0.404 e. The molecule has 3 nitrogen and oxygen atoms in total. The Morgan fingerprint density at radius 3 is 1.19 bits per heavy atom. The fourth-order valence-corrected chi connectivity index (χ4v) is 3.79. The summed E-state index contributed by atoms with van der Waals surface area (Å²) in [6.45, 7) is 4.53. The van der Waals surface area contributed by atoms with Crippen LogP contribution in [0, 0.1) is 0 Å². The standard InChI is InChI=1S/C24H49NO2/c1-3-5-7-9-11-13-15-17-19-21-23(27-24(25)26)22-20-18-16-14-12-10-8-6-4-2/h23H,3-22H2,1-2H3,(H2,25,26). The number of ether oxygens (including phenoxy) is 1. The molecule has 0 aromatic heterocycles. The number of rotatable bonds is 21. The second-order valence-electron chi connectivity index (χ2n) is 8.29. The molecule has 0 aromatic carbocycles. The van der Waals surface area contributed by atoms with Gasteiger partial charge in [-0.05, 0) is 25.7 Å². The molecule has 3 heteroatoms. The first-order valence-corrected chi connectivity index (χ1v) is 12.2. The number of nitrogens with two attached hydrogens (primary N) is 1. The van der Waals surface area contributed by atoms with Gasteiger partial charge in [0.15, 0.2) is 0 Å². The van der Waals surface area contributed by atoms with E-state index < -0.39 is 6.09 Å². The second kappa shape index (κ2) is 21.6. The van der Waals surface area contributed by atoms with Crippen molar-refractivity contribution in [2.24, 2.45) is 5.73 Å². The van der Waals surface area contributed by atoms with E-state index in [9.17, 15) is 4.79 Å². The first-order chi connectivity index (χ1) is 13.2. The lowest BCUT2D eigenvalue weighted by Crippen LogP contribution is -2.22. The quantitative estimate of drug-likeness (QED) is 0.203. The molecule has 0 saturated carbocycles. The summed E-state index contributed by atoms with van der Waals surface area (Å²) in [5, 5.41) is 0. The van der Waals surface area contributed by atoms with Gasteiger partial charge in [0, 0.05) is 0 Å². The van der Waals surface area contributed by atoms with E-state index in [4.69, 9.17) is 10.5 Å². The third-order valence-corrected chi connectivity index (χ3v) is 5.54. The fraction of sp³-hybridized carbons (Fsp3) is 0.958. The summed E-state index contributed by atoms with van der Waals surface area (Å²) >= 11 is 0. The Hall–Kier alpha value is -0.730. The highest BCUT2D eigenvalue weighted by Crippen LogP contribution is 2.17. The van der Waals surface area contributed by atoms with Crippen molar-refractivity contribution in [3.8, 4) is 0 Å². The van der Waals surface area contributed by atoms with Gasteiger partial charge in [0.05, 0.1) is 0 Å². The zero-order valence-corrected chi connectivity index (χ0v) is 18.6. The van der Waals surface area contributed by atoms with Crippen LogP contribution in [-0.2, 0) is 4.74 Å². The maximum atomic E-state index is 11.1. The molecule has 0 aliphatic rings. The average molecular weight is 384 g/mol. The second-order valence-corrected chi connectivity index (χ2v) is 8.29. The van der Waals surface area contributed by atoms with Crippen LogP contribution in [-0.4, -0.2) is 12.2 Å². The van der Waals surface area contributed by atoms with Gasteiger partial charge in [-0.1, -0.05) is 117 Å². The van der Waals surface area contributed by atoms with E-state index in [0.717, 1.165) is 25.7 Å². The van der Waals surface area contributed by atoms with Crippen molar-refractivity contribution in [1.82, 2.24) is 0 Å². The maximum absolute atomic E-state index is 11.1. The summed E-state index contributed by atoms with van der Waals surface area (Å²) in [5.41, 5.74) is 5.25. The van der Waals surface area contributed by atoms with Crippen molar-refractivity contribution in [1.29, 1.82) is 0 Å². The van der Waals surface area contributed by atoms with E-state index in [1.54, 1.807) is 0 Å². The Labute approximate surface area is 170 Å². The van der Waals surface area contributed by atoms with Crippen LogP contribution >= 0.6 is 0 Å². The fourth-order valence-electron chi connectivity index (χ4n) is 3.79. The normalized spacial score (nSPS) is 11.2. The van der Waals surface area contributed by atoms with Gasteiger partial charge >= 0.3 is 6.09 Å². The highest BCUT2D eigenvalue weighted by Gasteiger charge is 2.11. The molecule has 0 unspecified atom stereocenters. The molecule has 1 amide bonds. The molecule has 162 valence electrons. The number of unbranched alkanes of at least 4 members (excludes halogenated alkanes) is 16. The lowest BCUT2D eigenvalue weighted by molar-refractivity contribution is 0.0921. The molecule has 0 heterocycles. The van der Waals surface area contributed by atoms with E-state index in [2.05, 4.69) is 13.8 Å². The summed E-state index contributed by atoms with van der Waals surface area (Å²) < 4.78 is 5.33. The van der Waals surface area contributed by atoms with E-state index in [1.165, 1.54) is 103 Å². The van der Waals surface area contributed by atoms with Crippen LogP contribution < -0.4 is 5.73 Å². The van der Waals surface area contributed by atoms with Crippen molar-refractivity contribution in [2.75, 3.05) is 0 Å². The minimum Gasteiger partial charge on any atom is -0.446 e. The summed E-state index contributed by atoms with van der Waals surface area (Å²) in [6.07, 6.45) is 25.3. The summed E-state index contributed by atoms with van der Waals surface area (Å²) in [5.74, 6) is 0. The van der Waals surface area contributed by atoms with Gasteiger partial charge in [-0.15, -0.1) is 0 Å². The summed E-state index contributed by atoms with van der Waals surface area (Å²) in [6, 6.07) is 0. The third kappa shape index (κ3) is 21.4. The molecule has 0 aliphatic carbocycles. The average Bonchev–Trinajstić information content (AvgIpc) is 2.64.